The third kappa shape index (κ3) is 55.1. The molecule has 0 aliphatic heterocycles. The summed E-state index contributed by atoms with van der Waals surface area (Å²) in [4.78, 5) is 183. The molecule has 90 heavy (non-hydrogen) atoms. The van der Waals surface area contributed by atoms with Crippen LogP contribution < -0.4 is 39.4 Å². The largest absolute Gasteiger partial charge is 2.00 e. The smallest absolute Gasteiger partial charge is 0.545 e. The van der Waals surface area contributed by atoms with E-state index < -0.39 is 47.8 Å². The molecule has 0 heterocycles. The first-order chi connectivity index (χ1) is 42.2. The number of carbonyl (C=O) groups excluding carboxylic acids is 20. The standard InChI is InChI=1S/4C12H10O4.12CH2O.2Co/c4*1-3-5-9-6-4-7-10(12(14)15)11(9)16-8(2)13;12*1-2;;/h4*1,4,6-7H,5H2,2H3,(H,14,15);12*1H2;;/q;;;;;;;;;;;;;;;;2*+2/p-4. The second kappa shape index (κ2) is 85.7. The van der Waals surface area contributed by atoms with Crippen molar-refractivity contribution >= 4 is 129 Å². The van der Waals surface area contributed by atoms with E-state index >= 15 is 0 Å². The molecule has 0 N–H and O–H groups in total. The minimum atomic E-state index is -1.41. The van der Waals surface area contributed by atoms with Crippen molar-refractivity contribution < 1.29 is 169 Å². The van der Waals surface area contributed by atoms with Crippen LogP contribution in [0.1, 0.15) is 91.4 Å². The third-order valence-corrected chi connectivity index (χ3v) is 7.42. The van der Waals surface area contributed by atoms with Gasteiger partial charge in [-0.3, -0.25) is 19.2 Å². The Labute approximate surface area is 538 Å². The number of benzene rings is 4. The molecule has 2 radical (unpaired) electrons. The zero-order valence-electron chi connectivity index (χ0n) is 48.6. The van der Waals surface area contributed by atoms with Gasteiger partial charge in [-0.15, -0.1) is 49.4 Å². The average Bonchev–Trinajstić information content (AvgIpc) is 3.73. The molecule has 0 atom stereocenters. The van der Waals surface area contributed by atoms with E-state index in [1.165, 1.54) is 76.2 Å². The minimum absolute atomic E-state index is 0. The molecule has 28 nitrogen and oxygen atoms in total. The zero-order chi connectivity index (χ0) is 72.5. The van der Waals surface area contributed by atoms with Gasteiger partial charge in [-0.2, -0.15) is 0 Å². The Bertz CT molecular complexity index is 2450. The van der Waals surface area contributed by atoms with Crippen molar-refractivity contribution in [2.75, 3.05) is 0 Å². The van der Waals surface area contributed by atoms with Crippen LogP contribution in [0.2, 0.25) is 0 Å². The van der Waals surface area contributed by atoms with Gasteiger partial charge in [-0.1, -0.05) is 48.5 Å². The summed E-state index contributed by atoms with van der Waals surface area (Å²) in [7, 11) is 0. The molecule has 0 unspecified atom stereocenters. The molecule has 30 heteroatoms. The van der Waals surface area contributed by atoms with Crippen LogP contribution in [0.4, 0.5) is 0 Å². The maximum Gasteiger partial charge on any atom is 2.00 e. The Kier molecular flexibility index (Phi) is 107. The second-order valence-corrected chi connectivity index (χ2v) is 12.2. The van der Waals surface area contributed by atoms with Crippen LogP contribution >= 0.6 is 0 Å². The van der Waals surface area contributed by atoms with Crippen molar-refractivity contribution in [2.24, 2.45) is 0 Å². The van der Waals surface area contributed by atoms with Crippen molar-refractivity contribution in [3.05, 3.63) is 117 Å². The second-order valence-electron chi connectivity index (χ2n) is 12.2. The van der Waals surface area contributed by atoms with E-state index in [2.05, 4.69) is 23.7 Å². The molecule has 0 saturated carbocycles. The van der Waals surface area contributed by atoms with Crippen LogP contribution in [0.5, 0.6) is 23.0 Å². The van der Waals surface area contributed by atoms with Crippen molar-refractivity contribution in [1.29, 1.82) is 0 Å². The van der Waals surface area contributed by atoms with Gasteiger partial charge in [0.2, 0.25) is 0 Å². The topological polar surface area (TPSA) is 471 Å². The van der Waals surface area contributed by atoms with Crippen LogP contribution in [-0.4, -0.2) is 129 Å². The van der Waals surface area contributed by atoms with Gasteiger partial charge < -0.3 is 116 Å². The number of carboxylic acids is 4. The number of terminal acetylenes is 4. The van der Waals surface area contributed by atoms with Gasteiger partial charge in [0, 0.05) is 97.9 Å². The molecule has 4 aromatic carbocycles. The molecule has 0 amide bonds. The SMILES string of the molecule is C#CCc1cccc(C(=O)[O-])c1OC(C)=O.C#CCc1cccc(C(=O)[O-])c1OC(C)=O.C#CCc1cccc(C(=O)[O-])c1OC(C)=O.C#CCc1cccc(C(=O)[O-])c1OC(C)=O.C=O.C=O.C=O.C=O.C=O.C=O.C=O.C=O.C=O.C=O.C=O.C=O.[Co+2].[Co+2]. The van der Waals surface area contributed by atoms with Crippen LogP contribution in [0.3, 0.4) is 0 Å². The Morgan fingerprint density at radius 1 is 0.300 bits per heavy atom. The van der Waals surface area contributed by atoms with Crippen LogP contribution in [0.25, 0.3) is 0 Å². The molecular formula is C60H60Co2O28. The first kappa shape index (κ1) is 113. The molecule has 0 fully saturated rings. The Balaban J connectivity index is -0.0000000634. The minimum Gasteiger partial charge on any atom is -0.545 e. The quantitative estimate of drug-likeness (QED) is 0.0874. The molecule has 4 aromatic rings. The monoisotopic (exact) mass is 1350 g/mol. The average molecular weight is 1350 g/mol. The van der Waals surface area contributed by atoms with Gasteiger partial charge in [0.1, 0.15) is 104 Å². The number of para-hydroxylation sites is 4. The van der Waals surface area contributed by atoms with Crippen molar-refractivity contribution in [1.82, 2.24) is 0 Å². The maximum absolute atomic E-state index is 10.9. The first-order valence-corrected chi connectivity index (χ1v) is 21.5. The Morgan fingerprint density at radius 2 is 0.422 bits per heavy atom. The van der Waals surface area contributed by atoms with E-state index in [0.29, 0.717) is 22.3 Å². The molecule has 486 valence electrons. The van der Waals surface area contributed by atoms with Crippen molar-refractivity contribution in [3.8, 4) is 72.4 Å². The fraction of sp³-hybridized carbons (Fsp3) is 0.133. The summed E-state index contributed by atoms with van der Waals surface area (Å²) in [5.74, 6) is 1.25. The Morgan fingerprint density at radius 3 is 0.511 bits per heavy atom. The molecule has 0 aliphatic carbocycles. The first-order valence-electron chi connectivity index (χ1n) is 21.5. The fourth-order valence-corrected chi connectivity index (χ4v) is 5.04. The molecule has 0 saturated heterocycles. The van der Waals surface area contributed by atoms with Gasteiger partial charge in [0.15, 0.2) is 0 Å². The van der Waals surface area contributed by atoms with Gasteiger partial charge in [-0.05, 0) is 24.3 Å². The van der Waals surface area contributed by atoms with Gasteiger partial charge in [-0.25, -0.2) is 0 Å². The van der Waals surface area contributed by atoms with Gasteiger partial charge in [0.05, 0.1) is 23.9 Å². The van der Waals surface area contributed by atoms with Gasteiger partial charge >= 0.3 is 57.4 Å². The van der Waals surface area contributed by atoms with Gasteiger partial charge in [0.25, 0.3) is 0 Å². The molecular weight excluding hydrogens is 1290 g/mol. The van der Waals surface area contributed by atoms with E-state index in [1.807, 2.05) is 81.5 Å². The summed E-state index contributed by atoms with van der Waals surface area (Å²) in [6, 6.07) is 17.7. The number of ether oxygens (including phenoxy) is 4. The number of aromatic carboxylic acids is 4. The van der Waals surface area contributed by atoms with Crippen molar-refractivity contribution in [3.63, 3.8) is 0 Å². The van der Waals surface area contributed by atoms with E-state index in [4.69, 9.17) is 102 Å². The fourth-order valence-electron chi connectivity index (χ4n) is 5.04. The number of carbonyl (C=O) groups is 20. The summed E-state index contributed by atoms with van der Waals surface area (Å²) < 4.78 is 19.3. The summed E-state index contributed by atoms with van der Waals surface area (Å²) in [5, 5.41) is 43.2. The van der Waals surface area contributed by atoms with E-state index in [-0.39, 0.29) is 104 Å². The number of rotatable bonds is 12. The molecule has 0 aliphatic rings. The predicted octanol–water partition coefficient (Wildman–Crippen LogP) is -1.62. The van der Waals surface area contributed by atoms with Crippen molar-refractivity contribution in [2.45, 2.75) is 53.4 Å². The van der Waals surface area contributed by atoms with E-state index in [1.54, 1.807) is 24.3 Å². The number of hydrogen-bond donors (Lipinski definition) is 0. The zero-order valence-corrected chi connectivity index (χ0v) is 50.7. The molecule has 4 rings (SSSR count). The Hall–Kier alpha value is -12.1. The molecule has 0 bridgehead atoms. The molecule has 0 aromatic heterocycles. The number of hydrogen-bond acceptors (Lipinski definition) is 28. The predicted molar refractivity (Wildman–Crippen MR) is 304 cm³/mol. The summed E-state index contributed by atoms with van der Waals surface area (Å²) in [5.41, 5.74) is 1.18. The number of carboxylic acid groups (broad SMARTS) is 4. The normalized spacial score (nSPS) is 7.11. The van der Waals surface area contributed by atoms with Crippen LogP contribution in [0, 0.1) is 49.4 Å². The number of esters is 4. The summed E-state index contributed by atoms with van der Waals surface area (Å²) in [6.45, 7) is 28.7. The van der Waals surface area contributed by atoms with Crippen LogP contribution in [0.15, 0.2) is 72.8 Å². The summed E-state index contributed by atoms with van der Waals surface area (Å²) in [6.07, 6.45) is 21.3. The van der Waals surface area contributed by atoms with E-state index in [9.17, 15) is 58.8 Å². The third-order valence-electron chi connectivity index (χ3n) is 7.42. The maximum atomic E-state index is 10.9. The van der Waals surface area contributed by atoms with Crippen LogP contribution in [-0.2, 0) is 136 Å². The van der Waals surface area contributed by atoms with E-state index in [0.717, 1.165) is 0 Å². The molecule has 0 spiro atoms. The summed E-state index contributed by atoms with van der Waals surface area (Å²) >= 11 is 0.